The third kappa shape index (κ3) is 7.27. The first-order chi connectivity index (χ1) is 11.0. The number of unbranched alkanes of at least 4 members (excludes halogenated alkanes) is 3. The van der Waals surface area contributed by atoms with Crippen molar-refractivity contribution in [3.05, 3.63) is 12.2 Å². The monoisotopic (exact) mass is 326 g/mol. The van der Waals surface area contributed by atoms with Crippen LogP contribution in [0.2, 0.25) is 0 Å². The lowest BCUT2D eigenvalue weighted by atomic mass is 9.88. The molecular formula is C18H30O5. The van der Waals surface area contributed by atoms with Crippen molar-refractivity contribution in [1.29, 1.82) is 0 Å². The summed E-state index contributed by atoms with van der Waals surface area (Å²) < 4.78 is 0. The highest BCUT2D eigenvalue weighted by molar-refractivity contribution is 5.85. The van der Waals surface area contributed by atoms with E-state index in [1.165, 1.54) is 0 Å². The largest absolute Gasteiger partial charge is 0.481 e. The fourth-order valence-electron chi connectivity index (χ4n) is 3.20. The van der Waals surface area contributed by atoms with Gasteiger partial charge in [-0.05, 0) is 31.6 Å². The number of aliphatic carboxylic acids is 1. The van der Waals surface area contributed by atoms with Gasteiger partial charge in [-0.1, -0.05) is 38.3 Å². The number of Topliss-reactive ketones (excluding diaryl/α,β-unsaturated/α-hetero) is 1. The Morgan fingerprint density at radius 3 is 2.70 bits per heavy atom. The van der Waals surface area contributed by atoms with Crippen LogP contribution in [-0.2, 0) is 9.59 Å². The Hall–Kier alpha value is -1.20. The zero-order valence-electron chi connectivity index (χ0n) is 14.0. The molecule has 5 heteroatoms. The fourth-order valence-corrected chi connectivity index (χ4v) is 3.20. The predicted octanol–water partition coefficient (Wildman–Crippen LogP) is 2.69. The third-order valence-electron chi connectivity index (χ3n) is 4.56. The van der Waals surface area contributed by atoms with E-state index in [-0.39, 0.29) is 30.5 Å². The van der Waals surface area contributed by atoms with Crippen LogP contribution in [0.4, 0.5) is 0 Å². The number of rotatable bonds is 11. The van der Waals surface area contributed by atoms with Crippen molar-refractivity contribution in [1.82, 2.24) is 0 Å². The average Bonchev–Trinajstić information content (AvgIpc) is 2.75. The molecule has 1 saturated carbocycles. The van der Waals surface area contributed by atoms with Crippen LogP contribution in [0.25, 0.3) is 0 Å². The highest BCUT2D eigenvalue weighted by Crippen LogP contribution is 2.34. The summed E-state index contributed by atoms with van der Waals surface area (Å²) >= 11 is 0. The molecule has 3 N–H and O–H groups in total. The third-order valence-corrected chi connectivity index (χ3v) is 4.56. The number of aliphatic hydroxyl groups excluding tert-OH is 2. The van der Waals surface area contributed by atoms with Gasteiger partial charge in [-0.25, -0.2) is 0 Å². The lowest BCUT2D eigenvalue weighted by Gasteiger charge is -2.18. The Balaban J connectivity index is 2.44. The molecule has 1 rings (SSSR count). The molecule has 4 atom stereocenters. The van der Waals surface area contributed by atoms with Gasteiger partial charge in [-0.3, -0.25) is 9.59 Å². The molecule has 1 aliphatic rings. The quantitative estimate of drug-likeness (QED) is 0.401. The number of aliphatic hydroxyl groups is 2. The summed E-state index contributed by atoms with van der Waals surface area (Å²) in [6, 6.07) is 0. The van der Waals surface area contributed by atoms with Crippen LogP contribution < -0.4 is 0 Å². The standard InChI is InChI=1S/C18H30O5/c1-2-3-4-8-14-15(17(21)12-16(14)20)11-10-13(19)7-5-6-9-18(22)23/h10-11,13-16,19-20H,2-9,12H2,1H3,(H,22,23)/b11-10+/t13-,14-,15+,16+/m1/s1. The van der Waals surface area contributed by atoms with Crippen molar-refractivity contribution < 1.29 is 24.9 Å². The highest BCUT2D eigenvalue weighted by Gasteiger charge is 2.39. The van der Waals surface area contributed by atoms with E-state index in [2.05, 4.69) is 6.92 Å². The molecule has 0 aromatic rings. The van der Waals surface area contributed by atoms with Crippen molar-refractivity contribution in [3.63, 3.8) is 0 Å². The smallest absolute Gasteiger partial charge is 0.303 e. The molecule has 0 saturated heterocycles. The summed E-state index contributed by atoms with van der Waals surface area (Å²) in [5, 5.41) is 28.5. The second kappa shape index (κ2) is 10.6. The molecule has 0 radical (unpaired) electrons. The number of ketones is 1. The number of allylic oxidation sites excluding steroid dienone is 1. The summed E-state index contributed by atoms with van der Waals surface area (Å²) in [7, 11) is 0. The molecule has 0 amide bonds. The van der Waals surface area contributed by atoms with Crippen molar-refractivity contribution >= 4 is 11.8 Å². The Morgan fingerprint density at radius 2 is 2.04 bits per heavy atom. The van der Waals surface area contributed by atoms with Gasteiger partial charge in [0, 0.05) is 18.8 Å². The molecule has 0 spiro atoms. The summed E-state index contributed by atoms with van der Waals surface area (Å²) in [5.41, 5.74) is 0. The minimum absolute atomic E-state index is 0.0375. The highest BCUT2D eigenvalue weighted by atomic mass is 16.4. The first-order valence-corrected chi connectivity index (χ1v) is 8.74. The minimum atomic E-state index is -0.824. The molecule has 0 bridgehead atoms. The van der Waals surface area contributed by atoms with Crippen LogP contribution in [0.1, 0.15) is 64.7 Å². The number of carboxylic acids is 1. The fraction of sp³-hybridized carbons (Fsp3) is 0.778. The summed E-state index contributed by atoms with van der Waals surface area (Å²) in [5.74, 6) is -1.11. The van der Waals surface area contributed by atoms with Gasteiger partial charge in [0.25, 0.3) is 0 Å². The summed E-state index contributed by atoms with van der Waals surface area (Å²) in [6.07, 6.45) is 8.19. The Labute approximate surface area is 138 Å². The molecule has 0 aromatic carbocycles. The average molecular weight is 326 g/mol. The molecule has 23 heavy (non-hydrogen) atoms. The van der Waals surface area contributed by atoms with E-state index in [0.717, 1.165) is 25.7 Å². The Morgan fingerprint density at radius 1 is 1.30 bits per heavy atom. The molecule has 1 aliphatic carbocycles. The van der Waals surface area contributed by atoms with Gasteiger partial charge < -0.3 is 15.3 Å². The van der Waals surface area contributed by atoms with Gasteiger partial charge >= 0.3 is 5.97 Å². The van der Waals surface area contributed by atoms with Gasteiger partial charge in [-0.15, -0.1) is 0 Å². The predicted molar refractivity (Wildman–Crippen MR) is 88.0 cm³/mol. The molecule has 0 aromatic heterocycles. The van der Waals surface area contributed by atoms with Gasteiger partial charge in [-0.2, -0.15) is 0 Å². The maximum atomic E-state index is 12.0. The minimum Gasteiger partial charge on any atom is -0.481 e. The van der Waals surface area contributed by atoms with Crippen LogP contribution in [0, 0.1) is 11.8 Å². The second-order valence-corrected chi connectivity index (χ2v) is 6.51. The van der Waals surface area contributed by atoms with E-state index in [1.54, 1.807) is 12.2 Å². The van der Waals surface area contributed by atoms with E-state index in [9.17, 15) is 19.8 Å². The van der Waals surface area contributed by atoms with Gasteiger partial charge in [0.15, 0.2) is 0 Å². The van der Waals surface area contributed by atoms with Gasteiger partial charge in [0.05, 0.1) is 12.2 Å². The van der Waals surface area contributed by atoms with Crippen molar-refractivity contribution in [2.45, 2.75) is 76.9 Å². The normalized spacial score (nSPS) is 26.0. The summed E-state index contributed by atoms with van der Waals surface area (Å²) in [6.45, 7) is 2.12. The summed E-state index contributed by atoms with van der Waals surface area (Å²) in [4.78, 5) is 22.4. The molecule has 0 aliphatic heterocycles. The van der Waals surface area contributed by atoms with Crippen LogP contribution in [0.15, 0.2) is 12.2 Å². The first-order valence-electron chi connectivity index (χ1n) is 8.74. The molecule has 0 heterocycles. The lowest BCUT2D eigenvalue weighted by molar-refractivity contribution is -0.137. The number of hydrogen-bond acceptors (Lipinski definition) is 4. The molecule has 132 valence electrons. The van der Waals surface area contributed by atoms with Crippen LogP contribution in [-0.4, -0.2) is 39.3 Å². The van der Waals surface area contributed by atoms with Gasteiger partial charge in [0.2, 0.25) is 0 Å². The molecule has 5 nitrogen and oxygen atoms in total. The molecular weight excluding hydrogens is 296 g/mol. The van der Waals surface area contributed by atoms with E-state index >= 15 is 0 Å². The van der Waals surface area contributed by atoms with E-state index in [1.807, 2.05) is 0 Å². The number of hydrogen-bond donors (Lipinski definition) is 3. The van der Waals surface area contributed by atoms with Crippen molar-refractivity contribution in [2.75, 3.05) is 0 Å². The van der Waals surface area contributed by atoms with E-state index in [4.69, 9.17) is 5.11 Å². The topological polar surface area (TPSA) is 94.8 Å². The zero-order valence-corrected chi connectivity index (χ0v) is 14.0. The number of carbonyl (C=O) groups excluding carboxylic acids is 1. The SMILES string of the molecule is CCCCC[C@@H]1[C@H](/C=C/[C@H](O)CCCCC(=O)O)C(=O)C[C@@H]1O. The number of carboxylic acid groups (broad SMARTS) is 1. The second-order valence-electron chi connectivity index (χ2n) is 6.51. The van der Waals surface area contributed by atoms with Crippen molar-refractivity contribution in [3.8, 4) is 0 Å². The van der Waals surface area contributed by atoms with Crippen LogP contribution >= 0.6 is 0 Å². The zero-order chi connectivity index (χ0) is 17.2. The van der Waals surface area contributed by atoms with Crippen LogP contribution in [0.3, 0.4) is 0 Å². The Kier molecular flexibility index (Phi) is 9.10. The Bertz CT molecular complexity index is 404. The maximum Gasteiger partial charge on any atom is 0.303 e. The first kappa shape index (κ1) is 19.8. The maximum absolute atomic E-state index is 12.0. The number of carbonyl (C=O) groups is 2. The van der Waals surface area contributed by atoms with Crippen molar-refractivity contribution in [2.24, 2.45) is 11.8 Å². The van der Waals surface area contributed by atoms with Crippen LogP contribution in [0.5, 0.6) is 0 Å². The van der Waals surface area contributed by atoms with E-state index < -0.39 is 18.2 Å². The molecule has 1 fully saturated rings. The van der Waals surface area contributed by atoms with E-state index in [0.29, 0.717) is 19.3 Å². The van der Waals surface area contributed by atoms with Gasteiger partial charge in [0.1, 0.15) is 5.78 Å². The molecule has 0 unspecified atom stereocenters. The lowest BCUT2D eigenvalue weighted by Crippen LogP contribution is -2.19.